The molecule has 0 bridgehead atoms. The standard InChI is InChI=1S/C18H21NO2S/c1-3-13-4-6-15(7-5-13)18(21)19-12-17(20)14-8-10-16(22-2)11-9-14/h4-11,17,20H,3,12H2,1-2H3,(H,19,21). The van der Waals surface area contributed by atoms with Crippen LogP contribution in [-0.4, -0.2) is 23.8 Å². The first kappa shape index (κ1) is 16.6. The molecule has 1 unspecified atom stereocenters. The third-order valence-corrected chi connectivity index (χ3v) is 4.32. The van der Waals surface area contributed by atoms with Gasteiger partial charge in [-0.05, 0) is 48.1 Å². The average molecular weight is 315 g/mol. The number of aliphatic hydroxyl groups is 1. The van der Waals surface area contributed by atoms with Gasteiger partial charge in [0.05, 0.1) is 6.10 Å². The molecule has 22 heavy (non-hydrogen) atoms. The Bertz CT molecular complexity index is 608. The van der Waals surface area contributed by atoms with Crippen LogP contribution in [0.5, 0.6) is 0 Å². The topological polar surface area (TPSA) is 49.3 Å². The van der Waals surface area contributed by atoms with Crippen LogP contribution in [0, 0.1) is 0 Å². The Labute approximate surface area is 135 Å². The molecule has 0 spiro atoms. The average Bonchev–Trinajstić information content (AvgIpc) is 2.59. The molecular weight excluding hydrogens is 294 g/mol. The summed E-state index contributed by atoms with van der Waals surface area (Å²) >= 11 is 1.66. The third-order valence-electron chi connectivity index (χ3n) is 3.58. The predicted octanol–water partition coefficient (Wildman–Crippen LogP) is 3.43. The number of aryl methyl sites for hydroxylation is 1. The summed E-state index contributed by atoms with van der Waals surface area (Å²) in [6.07, 6.45) is 2.26. The molecule has 3 nitrogen and oxygen atoms in total. The second-order valence-corrected chi connectivity index (χ2v) is 5.93. The lowest BCUT2D eigenvalue weighted by Gasteiger charge is -2.13. The Kier molecular flexibility index (Phi) is 6.04. The molecule has 2 aromatic carbocycles. The quantitative estimate of drug-likeness (QED) is 0.803. The maximum atomic E-state index is 12.1. The van der Waals surface area contributed by atoms with E-state index in [0.29, 0.717) is 5.56 Å². The molecule has 2 rings (SSSR count). The first-order valence-corrected chi connectivity index (χ1v) is 8.55. The lowest BCUT2D eigenvalue weighted by atomic mass is 10.1. The van der Waals surface area contributed by atoms with Crippen molar-refractivity contribution in [3.63, 3.8) is 0 Å². The number of carbonyl (C=O) groups excluding carboxylic acids is 1. The molecule has 2 N–H and O–H groups in total. The highest BCUT2D eigenvalue weighted by atomic mass is 32.2. The van der Waals surface area contributed by atoms with Crippen LogP contribution >= 0.6 is 11.8 Å². The molecule has 0 saturated heterocycles. The number of hydrogen-bond acceptors (Lipinski definition) is 3. The molecule has 1 atom stereocenters. The van der Waals surface area contributed by atoms with E-state index in [1.165, 1.54) is 5.56 Å². The fraction of sp³-hybridized carbons (Fsp3) is 0.278. The summed E-state index contributed by atoms with van der Waals surface area (Å²) < 4.78 is 0. The van der Waals surface area contributed by atoms with E-state index >= 15 is 0 Å². The van der Waals surface area contributed by atoms with Crippen molar-refractivity contribution in [3.05, 3.63) is 65.2 Å². The van der Waals surface area contributed by atoms with Crippen LogP contribution in [0.1, 0.15) is 34.5 Å². The Hall–Kier alpha value is -1.78. The first-order chi connectivity index (χ1) is 10.6. The van der Waals surface area contributed by atoms with Crippen molar-refractivity contribution in [3.8, 4) is 0 Å². The summed E-state index contributed by atoms with van der Waals surface area (Å²) in [6.45, 7) is 2.28. The Balaban J connectivity index is 1.91. The Morgan fingerprint density at radius 3 is 2.32 bits per heavy atom. The minimum absolute atomic E-state index is 0.164. The highest BCUT2D eigenvalue weighted by Gasteiger charge is 2.11. The van der Waals surface area contributed by atoms with Crippen LogP contribution in [0.4, 0.5) is 0 Å². The number of amides is 1. The van der Waals surface area contributed by atoms with Crippen LogP contribution in [0.15, 0.2) is 53.4 Å². The van der Waals surface area contributed by atoms with Crippen LogP contribution in [0.3, 0.4) is 0 Å². The number of benzene rings is 2. The number of hydrogen-bond donors (Lipinski definition) is 2. The number of rotatable bonds is 6. The van der Waals surface area contributed by atoms with Crippen molar-refractivity contribution < 1.29 is 9.90 Å². The number of thioether (sulfide) groups is 1. The number of aliphatic hydroxyl groups excluding tert-OH is 1. The molecule has 0 fully saturated rings. The van der Waals surface area contributed by atoms with Gasteiger partial charge in [-0.25, -0.2) is 0 Å². The van der Waals surface area contributed by atoms with E-state index in [4.69, 9.17) is 0 Å². The minimum Gasteiger partial charge on any atom is -0.387 e. The van der Waals surface area contributed by atoms with E-state index in [2.05, 4.69) is 12.2 Å². The second kappa shape index (κ2) is 8.01. The van der Waals surface area contributed by atoms with Crippen molar-refractivity contribution >= 4 is 17.7 Å². The molecule has 2 aromatic rings. The molecule has 0 heterocycles. The van der Waals surface area contributed by atoms with Crippen molar-refractivity contribution in [2.45, 2.75) is 24.3 Å². The second-order valence-electron chi connectivity index (χ2n) is 5.05. The van der Waals surface area contributed by atoms with Gasteiger partial charge in [-0.2, -0.15) is 0 Å². The van der Waals surface area contributed by atoms with Crippen molar-refractivity contribution in [1.82, 2.24) is 5.32 Å². The largest absolute Gasteiger partial charge is 0.387 e. The monoisotopic (exact) mass is 315 g/mol. The van der Waals surface area contributed by atoms with Gasteiger partial charge in [-0.15, -0.1) is 11.8 Å². The van der Waals surface area contributed by atoms with Gasteiger partial charge in [0, 0.05) is 17.0 Å². The zero-order valence-corrected chi connectivity index (χ0v) is 13.7. The molecule has 0 aromatic heterocycles. The first-order valence-electron chi connectivity index (χ1n) is 7.33. The molecule has 0 aliphatic rings. The summed E-state index contributed by atoms with van der Waals surface area (Å²) in [5, 5.41) is 12.9. The minimum atomic E-state index is -0.699. The van der Waals surface area contributed by atoms with Crippen LogP contribution in [-0.2, 0) is 6.42 Å². The normalized spacial score (nSPS) is 12.0. The van der Waals surface area contributed by atoms with Crippen molar-refractivity contribution in [1.29, 1.82) is 0 Å². The van der Waals surface area contributed by atoms with Crippen molar-refractivity contribution in [2.75, 3.05) is 12.8 Å². The lowest BCUT2D eigenvalue weighted by molar-refractivity contribution is 0.0916. The van der Waals surface area contributed by atoms with E-state index < -0.39 is 6.10 Å². The highest BCUT2D eigenvalue weighted by Crippen LogP contribution is 2.18. The zero-order valence-electron chi connectivity index (χ0n) is 12.9. The summed E-state index contributed by atoms with van der Waals surface area (Å²) in [4.78, 5) is 13.2. The fourth-order valence-corrected chi connectivity index (χ4v) is 2.54. The van der Waals surface area contributed by atoms with Gasteiger partial charge in [0.15, 0.2) is 0 Å². The maximum absolute atomic E-state index is 12.1. The van der Waals surface area contributed by atoms with Crippen LogP contribution in [0.2, 0.25) is 0 Å². The summed E-state index contributed by atoms with van der Waals surface area (Å²) in [6, 6.07) is 15.2. The molecule has 0 saturated carbocycles. The van der Waals surface area contributed by atoms with Crippen molar-refractivity contribution in [2.24, 2.45) is 0 Å². The van der Waals surface area contributed by atoms with E-state index in [1.54, 1.807) is 11.8 Å². The van der Waals surface area contributed by atoms with Gasteiger partial charge in [0.1, 0.15) is 0 Å². The van der Waals surface area contributed by atoms with Gasteiger partial charge < -0.3 is 10.4 Å². The van der Waals surface area contributed by atoms with Gasteiger partial charge in [-0.1, -0.05) is 31.2 Å². The molecule has 0 aliphatic carbocycles. The molecular formula is C18H21NO2S. The maximum Gasteiger partial charge on any atom is 0.251 e. The SMILES string of the molecule is CCc1ccc(C(=O)NCC(O)c2ccc(SC)cc2)cc1. The fourth-order valence-electron chi connectivity index (χ4n) is 2.13. The summed E-state index contributed by atoms with van der Waals surface area (Å²) in [7, 11) is 0. The zero-order chi connectivity index (χ0) is 15.9. The molecule has 4 heteroatoms. The Morgan fingerprint density at radius 2 is 1.77 bits per heavy atom. The van der Waals surface area contributed by atoms with Gasteiger partial charge in [0.2, 0.25) is 0 Å². The summed E-state index contributed by atoms with van der Waals surface area (Å²) in [5.41, 5.74) is 2.62. The number of carbonyl (C=O) groups is 1. The van der Waals surface area contributed by atoms with Gasteiger partial charge in [0.25, 0.3) is 5.91 Å². The highest BCUT2D eigenvalue weighted by molar-refractivity contribution is 7.98. The molecule has 116 valence electrons. The van der Waals surface area contributed by atoms with E-state index in [0.717, 1.165) is 16.9 Å². The molecule has 0 aliphatic heterocycles. The number of nitrogens with one attached hydrogen (secondary N) is 1. The van der Waals surface area contributed by atoms with E-state index in [1.807, 2.05) is 54.8 Å². The third kappa shape index (κ3) is 4.36. The summed E-state index contributed by atoms with van der Waals surface area (Å²) in [5.74, 6) is -0.164. The predicted molar refractivity (Wildman–Crippen MR) is 91.3 cm³/mol. The lowest BCUT2D eigenvalue weighted by Crippen LogP contribution is -2.28. The van der Waals surface area contributed by atoms with Gasteiger partial charge in [-0.3, -0.25) is 4.79 Å². The smallest absolute Gasteiger partial charge is 0.251 e. The molecule has 0 radical (unpaired) electrons. The molecule has 1 amide bonds. The van der Waals surface area contributed by atoms with Gasteiger partial charge >= 0.3 is 0 Å². The Morgan fingerprint density at radius 1 is 1.14 bits per heavy atom. The van der Waals surface area contributed by atoms with E-state index in [9.17, 15) is 9.90 Å². The van der Waals surface area contributed by atoms with Crippen LogP contribution < -0.4 is 5.32 Å². The van der Waals surface area contributed by atoms with E-state index in [-0.39, 0.29) is 12.5 Å². The van der Waals surface area contributed by atoms with Crippen LogP contribution in [0.25, 0.3) is 0 Å².